The molecule has 0 heterocycles. The van der Waals surface area contributed by atoms with Gasteiger partial charge in [-0.25, -0.2) is 0 Å². The molecular formula is C18H31NOS. The first-order valence-corrected chi connectivity index (χ1v) is 9.21. The highest BCUT2D eigenvalue weighted by Crippen LogP contribution is 2.21. The molecule has 0 saturated heterocycles. The minimum absolute atomic E-state index is 0.0742. The Bertz CT molecular complexity index is 395. The van der Waals surface area contributed by atoms with E-state index in [-0.39, 0.29) is 12.1 Å². The first-order chi connectivity index (χ1) is 10.0. The molecule has 0 aromatic heterocycles. The van der Waals surface area contributed by atoms with E-state index in [2.05, 4.69) is 51.2 Å². The standard InChI is InChI=1S/C18H31NOS/c1-5-18(14-20,19-6-2)8-7-9-21-13-17-11-15(3)10-16(4)12-17/h10-12,19-20H,5-9,13-14H2,1-4H3. The largest absolute Gasteiger partial charge is 0.394 e. The molecule has 0 saturated carbocycles. The zero-order chi connectivity index (χ0) is 15.7. The number of benzene rings is 1. The van der Waals surface area contributed by atoms with Crippen molar-refractivity contribution in [3.8, 4) is 0 Å². The molecule has 2 nitrogen and oxygen atoms in total. The van der Waals surface area contributed by atoms with Gasteiger partial charge in [0, 0.05) is 11.3 Å². The van der Waals surface area contributed by atoms with Crippen molar-refractivity contribution < 1.29 is 5.11 Å². The summed E-state index contributed by atoms with van der Waals surface area (Å²) < 4.78 is 0. The number of rotatable bonds is 10. The van der Waals surface area contributed by atoms with Crippen LogP contribution in [0.25, 0.3) is 0 Å². The molecule has 1 aromatic rings. The van der Waals surface area contributed by atoms with E-state index in [4.69, 9.17) is 0 Å². The summed E-state index contributed by atoms with van der Waals surface area (Å²) in [6.07, 6.45) is 3.18. The molecule has 0 fully saturated rings. The van der Waals surface area contributed by atoms with Gasteiger partial charge in [-0.15, -0.1) is 0 Å². The fourth-order valence-electron chi connectivity index (χ4n) is 2.87. The van der Waals surface area contributed by atoms with Crippen LogP contribution in [0.5, 0.6) is 0 Å². The van der Waals surface area contributed by atoms with E-state index in [0.717, 1.165) is 37.3 Å². The van der Waals surface area contributed by atoms with Crippen LogP contribution >= 0.6 is 11.8 Å². The van der Waals surface area contributed by atoms with Crippen molar-refractivity contribution in [2.75, 3.05) is 18.9 Å². The van der Waals surface area contributed by atoms with Crippen LogP contribution in [-0.4, -0.2) is 29.5 Å². The Morgan fingerprint density at radius 2 is 1.81 bits per heavy atom. The second kappa shape index (κ2) is 9.50. The minimum atomic E-state index is -0.0742. The lowest BCUT2D eigenvalue weighted by Crippen LogP contribution is -2.48. The molecule has 2 N–H and O–H groups in total. The van der Waals surface area contributed by atoms with Gasteiger partial charge in [0.15, 0.2) is 0 Å². The van der Waals surface area contributed by atoms with Crippen molar-refractivity contribution in [1.82, 2.24) is 5.32 Å². The fourth-order valence-corrected chi connectivity index (χ4v) is 3.76. The molecule has 120 valence electrons. The van der Waals surface area contributed by atoms with Crippen LogP contribution in [0, 0.1) is 13.8 Å². The Morgan fingerprint density at radius 3 is 2.33 bits per heavy atom. The predicted molar refractivity (Wildman–Crippen MR) is 95.1 cm³/mol. The minimum Gasteiger partial charge on any atom is -0.394 e. The molecule has 1 rings (SSSR count). The van der Waals surface area contributed by atoms with Crippen LogP contribution in [0.15, 0.2) is 18.2 Å². The third kappa shape index (κ3) is 6.41. The number of hydrogen-bond acceptors (Lipinski definition) is 3. The van der Waals surface area contributed by atoms with Crippen molar-refractivity contribution in [2.24, 2.45) is 0 Å². The molecule has 0 aliphatic heterocycles. The SMILES string of the molecule is CCNC(CC)(CO)CCCSCc1cc(C)cc(C)c1. The summed E-state index contributed by atoms with van der Waals surface area (Å²) in [6, 6.07) is 6.78. The monoisotopic (exact) mass is 309 g/mol. The highest BCUT2D eigenvalue weighted by atomic mass is 32.2. The van der Waals surface area contributed by atoms with E-state index in [1.165, 1.54) is 16.7 Å². The van der Waals surface area contributed by atoms with Crippen LogP contribution in [0.1, 0.15) is 49.8 Å². The molecule has 0 amide bonds. The third-order valence-electron chi connectivity index (χ3n) is 4.03. The molecule has 21 heavy (non-hydrogen) atoms. The van der Waals surface area contributed by atoms with Gasteiger partial charge in [0.2, 0.25) is 0 Å². The zero-order valence-electron chi connectivity index (χ0n) is 14.0. The van der Waals surface area contributed by atoms with Crippen molar-refractivity contribution >= 4 is 11.8 Å². The summed E-state index contributed by atoms with van der Waals surface area (Å²) in [5.41, 5.74) is 4.05. The number of thioether (sulfide) groups is 1. The lowest BCUT2D eigenvalue weighted by molar-refractivity contribution is 0.148. The average molecular weight is 310 g/mol. The predicted octanol–water partition coefficient (Wildman–Crippen LogP) is 4.07. The summed E-state index contributed by atoms with van der Waals surface area (Å²) in [4.78, 5) is 0. The van der Waals surface area contributed by atoms with Gasteiger partial charge in [-0.2, -0.15) is 11.8 Å². The van der Waals surface area contributed by atoms with E-state index >= 15 is 0 Å². The molecule has 1 atom stereocenters. The van der Waals surface area contributed by atoms with Gasteiger partial charge >= 0.3 is 0 Å². The lowest BCUT2D eigenvalue weighted by atomic mass is 9.91. The van der Waals surface area contributed by atoms with Gasteiger partial charge in [0.1, 0.15) is 0 Å². The summed E-state index contributed by atoms with van der Waals surface area (Å²) in [6.45, 7) is 9.74. The second-order valence-electron chi connectivity index (χ2n) is 5.97. The smallest absolute Gasteiger partial charge is 0.0613 e. The first kappa shape index (κ1) is 18.5. The number of aliphatic hydroxyl groups excluding tert-OH is 1. The van der Waals surface area contributed by atoms with E-state index in [0.29, 0.717) is 0 Å². The lowest BCUT2D eigenvalue weighted by Gasteiger charge is -2.31. The maximum atomic E-state index is 9.63. The maximum Gasteiger partial charge on any atom is 0.0613 e. The highest BCUT2D eigenvalue weighted by molar-refractivity contribution is 7.98. The van der Waals surface area contributed by atoms with Crippen molar-refractivity contribution in [2.45, 2.75) is 58.2 Å². The van der Waals surface area contributed by atoms with Crippen LogP contribution in [0.4, 0.5) is 0 Å². The van der Waals surface area contributed by atoms with Crippen molar-refractivity contribution in [3.05, 3.63) is 34.9 Å². The van der Waals surface area contributed by atoms with E-state index in [9.17, 15) is 5.11 Å². The first-order valence-electron chi connectivity index (χ1n) is 8.06. The Morgan fingerprint density at radius 1 is 1.14 bits per heavy atom. The Kier molecular flexibility index (Phi) is 8.38. The van der Waals surface area contributed by atoms with Gasteiger partial charge in [-0.05, 0) is 51.0 Å². The van der Waals surface area contributed by atoms with E-state index < -0.39 is 0 Å². The van der Waals surface area contributed by atoms with Crippen LogP contribution in [-0.2, 0) is 5.75 Å². The number of aryl methyl sites for hydroxylation is 2. The molecule has 0 spiro atoms. The maximum absolute atomic E-state index is 9.63. The van der Waals surface area contributed by atoms with Gasteiger partial charge in [-0.1, -0.05) is 43.2 Å². The Balaban J connectivity index is 2.33. The quantitative estimate of drug-likeness (QED) is 0.639. The molecule has 0 aliphatic rings. The van der Waals surface area contributed by atoms with Crippen molar-refractivity contribution in [1.29, 1.82) is 0 Å². The molecule has 0 bridgehead atoms. The van der Waals surface area contributed by atoms with Gasteiger partial charge in [-0.3, -0.25) is 0 Å². The fraction of sp³-hybridized carbons (Fsp3) is 0.667. The summed E-state index contributed by atoms with van der Waals surface area (Å²) in [5, 5.41) is 13.1. The topological polar surface area (TPSA) is 32.3 Å². The number of likely N-dealkylation sites (N-methyl/N-ethyl adjacent to an activating group) is 1. The second-order valence-corrected chi connectivity index (χ2v) is 7.08. The average Bonchev–Trinajstić information content (AvgIpc) is 2.45. The summed E-state index contributed by atoms with van der Waals surface area (Å²) in [5.74, 6) is 2.24. The van der Waals surface area contributed by atoms with Crippen LogP contribution < -0.4 is 5.32 Å². The molecule has 0 radical (unpaired) electrons. The molecule has 1 unspecified atom stereocenters. The van der Waals surface area contributed by atoms with Gasteiger partial charge in [0.25, 0.3) is 0 Å². The molecule has 1 aromatic carbocycles. The summed E-state index contributed by atoms with van der Waals surface area (Å²) >= 11 is 1.99. The Hall–Kier alpha value is -0.510. The molecular weight excluding hydrogens is 278 g/mol. The zero-order valence-corrected chi connectivity index (χ0v) is 14.9. The van der Waals surface area contributed by atoms with Gasteiger partial charge < -0.3 is 10.4 Å². The normalized spacial score (nSPS) is 14.1. The van der Waals surface area contributed by atoms with Gasteiger partial charge in [0.05, 0.1) is 6.61 Å². The summed E-state index contributed by atoms with van der Waals surface area (Å²) in [7, 11) is 0. The third-order valence-corrected chi connectivity index (χ3v) is 5.14. The van der Waals surface area contributed by atoms with Crippen molar-refractivity contribution in [3.63, 3.8) is 0 Å². The van der Waals surface area contributed by atoms with E-state index in [1.54, 1.807) is 0 Å². The van der Waals surface area contributed by atoms with Crippen LogP contribution in [0.2, 0.25) is 0 Å². The Labute approximate surface area is 134 Å². The number of nitrogens with one attached hydrogen (secondary N) is 1. The number of hydrogen-bond donors (Lipinski definition) is 2. The van der Waals surface area contributed by atoms with Crippen LogP contribution in [0.3, 0.4) is 0 Å². The molecule has 0 aliphatic carbocycles. The highest BCUT2D eigenvalue weighted by Gasteiger charge is 2.25. The number of aliphatic hydroxyl groups is 1. The molecule has 3 heteroatoms. The van der Waals surface area contributed by atoms with E-state index in [1.807, 2.05) is 11.8 Å².